The lowest BCUT2D eigenvalue weighted by atomic mass is 10.1. The van der Waals surface area contributed by atoms with Gasteiger partial charge in [-0.3, -0.25) is 14.2 Å². The van der Waals surface area contributed by atoms with Gasteiger partial charge in [-0.05, 0) is 62.4 Å². The van der Waals surface area contributed by atoms with E-state index in [4.69, 9.17) is 21.3 Å². The number of rotatable bonds is 7. The smallest absolute Gasteiger partial charge is 0.266 e. The van der Waals surface area contributed by atoms with Crippen LogP contribution in [0.5, 0.6) is 5.75 Å². The van der Waals surface area contributed by atoms with E-state index in [0.29, 0.717) is 50.4 Å². The number of carbonyl (C=O) groups excluding carboxylic acids is 1. The second-order valence-electron chi connectivity index (χ2n) is 7.13. The van der Waals surface area contributed by atoms with Gasteiger partial charge in [-0.2, -0.15) is 0 Å². The largest absolute Gasteiger partial charge is 0.494 e. The van der Waals surface area contributed by atoms with Gasteiger partial charge in [0.15, 0.2) is 10.9 Å². The molecule has 7 heteroatoms. The number of hydrogen-bond donors (Lipinski definition) is 0. The molecule has 32 heavy (non-hydrogen) atoms. The first kappa shape index (κ1) is 22.1. The Morgan fingerprint density at radius 3 is 2.66 bits per heavy atom. The van der Waals surface area contributed by atoms with E-state index in [2.05, 4.69) is 0 Å². The van der Waals surface area contributed by atoms with Crippen molar-refractivity contribution in [3.8, 4) is 11.4 Å². The standard InChI is InChI=1S/C25H21ClN2O3S/c1-3-31-23-12-11-17(16(2)29)13-18(23)15-32-25-27-22-10-5-4-9-21(22)24(30)28(25)20-8-6-7-19(26)14-20/h4-14H,3,15H2,1-2H3. The average molecular weight is 465 g/mol. The van der Waals surface area contributed by atoms with Crippen LogP contribution in [0.15, 0.2) is 76.7 Å². The van der Waals surface area contributed by atoms with Crippen molar-refractivity contribution in [1.82, 2.24) is 9.55 Å². The molecule has 0 saturated carbocycles. The molecule has 162 valence electrons. The van der Waals surface area contributed by atoms with E-state index < -0.39 is 0 Å². The van der Waals surface area contributed by atoms with Crippen molar-refractivity contribution in [3.05, 3.63) is 93.2 Å². The summed E-state index contributed by atoms with van der Waals surface area (Å²) in [5.41, 5.74) is 2.59. The number of aromatic nitrogens is 2. The molecule has 0 amide bonds. The molecule has 0 aliphatic carbocycles. The topological polar surface area (TPSA) is 61.2 Å². The lowest BCUT2D eigenvalue weighted by molar-refractivity contribution is 0.101. The monoisotopic (exact) mass is 464 g/mol. The molecule has 0 aliphatic rings. The first-order chi connectivity index (χ1) is 15.5. The van der Waals surface area contributed by atoms with Crippen LogP contribution in [0.2, 0.25) is 5.02 Å². The van der Waals surface area contributed by atoms with Crippen LogP contribution in [0.4, 0.5) is 0 Å². The fraction of sp³-hybridized carbons (Fsp3) is 0.160. The summed E-state index contributed by atoms with van der Waals surface area (Å²) in [6.45, 7) is 3.96. The Morgan fingerprint density at radius 1 is 1.09 bits per heavy atom. The number of thioether (sulfide) groups is 1. The van der Waals surface area contributed by atoms with Crippen LogP contribution in [0.1, 0.15) is 29.8 Å². The van der Waals surface area contributed by atoms with E-state index in [1.165, 1.54) is 18.7 Å². The van der Waals surface area contributed by atoms with Gasteiger partial charge < -0.3 is 4.74 Å². The number of Topliss-reactive ketones (excluding diaryl/α,β-unsaturated/α-hetero) is 1. The minimum Gasteiger partial charge on any atom is -0.494 e. The molecule has 0 spiro atoms. The molecule has 4 aromatic rings. The molecule has 0 unspecified atom stereocenters. The summed E-state index contributed by atoms with van der Waals surface area (Å²) in [4.78, 5) is 30.0. The number of ether oxygens (including phenoxy) is 1. The Bertz CT molecular complexity index is 1370. The maximum Gasteiger partial charge on any atom is 0.266 e. The van der Waals surface area contributed by atoms with Crippen molar-refractivity contribution in [2.75, 3.05) is 6.61 Å². The molecular formula is C25H21ClN2O3S. The summed E-state index contributed by atoms with van der Waals surface area (Å²) in [7, 11) is 0. The highest BCUT2D eigenvalue weighted by atomic mass is 35.5. The van der Waals surface area contributed by atoms with Gasteiger partial charge in [0, 0.05) is 21.9 Å². The van der Waals surface area contributed by atoms with E-state index in [0.717, 1.165) is 5.56 Å². The third-order valence-electron chi connectivity index (χ3n) is 4.93. The van der Waals surface area contributed by atoms with Crippen molar-refractivity contribution in [2.45, 2.75) is 24.8 Å². The molecular weight excluding hydrogens is 444 g/mol. The molecule has 0 saturated heterocycles. The van der Waals surface area contributed by atoms with Crippen LogP contribution in [0.25, 0.3) is 16.6 Å². The van der Waals surface area contributed by atoms with Crippen LogP contribution in [0.3, 0.4) is 0 Å². The highest BCUT2D eigenvalue weighted by molar-refractivity contribution is 7.98. The fourth-order valence-corrected chi connectivity index (χ4v) is 4.58. The van der Waals surface area contributed by atoms with E-state index in [1.54, 1.807) is 34.9 Å². The van der Waals surface area contributed by atoms with E-state index in [9.17, 15) is 9.59 Å². The predicted molar refractivity (Wildman–Crippen MR) is 130 cm³/mol. The molecule has 5 nitrogen and oxygen atoms in total. The first-order valence-corrected chi connectivity index (χ1v) is 11.5. The van der Waals surface area contributed by atoms with Gasteiger partial charge in [0.2, 0.25) is 0 Å². The lowest BCUT2D eigenvalue weighted by Gasteiger charge is -2.15. The van der Waals surface area contributed by atoms with Crippen molar-refractivity contribution in [2.24, 2.45) is 0 Å². The van der Waals surface area contributed by atoms with E-state index in [1.807, 2.05) is 43.3 Å². The fourth-order valence-electron chi connectivity index (χ4n) is 3.40. The number of fused-ring (bicyclic) bond motifs is 1. The number of para-hydroxylation sites is 1. The molecule has 1 heterocycles. The van der Waals surface area contributed by atoms with Crippen LogP contribution < -0.4 is 10.3 Å². The van der Waals surface area contributed by atoms with Crippen molar-refractivity contribution in [1.29, 1.82) is 0 Å². The maximum atomic E-state index is 13.4. The average Bonchev–Trinajstić information content (AvgIpc) is 2.78. The molecule has 4 rings (SSSR count). The van der Waals surface area contributed by atoms with E-state index >= 15 is 0 Å². The SMILES string of the molecule is CCOc1ccc(C(C)=O)cc1CSc1nc2ccccc2c(=O)n1-c1cccc(Cl)c1. The molecule has 0 fully saturated rings. The minimum atomic E-state index is -0.164. The Morgan fingerprint density at radius 2 is 1.91 bits per heavy atom. The van der Waals surface area contributed by atoms with Crippen LogP contribution in [-0.4, -0.2) is 21.9 Å². The summed E-state index contributed by atoms with van der Waals surface area (Å²) in [5.74, 6) is 1.17. The zero-order valence-electron chi connectivity index (χ0n) is 17.7. The third kappa shape index (κ3) is 4.56. The summed E-state index contributed by atoms with van der Waals surface area (Å²) in [6, 6.07) is 19.8. The van der Waals surface area contributed by atoms with Gasteiger partial charge in [0.05, 0.1) is 23.2 Å². The van der Waals surface area contributed by atoms with Crippen LogP contribution in [-0.2, 0) is 5.75 Å². The zero-order chi connectivity index (χ0) is 22.7. The Kier molecular flexibility index (Phi) is 6.63. The number of halogens is 1. The minimum absolute atomic E-state index is 0.0148. The molecule has 0 atom stereocenters. The highest BCUT2D eigenvalue weighted by Crippen LogP contribution is 2.30. The second kappa shape index (κ2) is 9.59. The van der Waals surface area contributed by atoms with Crippen molar-refractivity contribution in [3.63, 3.8) is 0 Å². The molecule has 0 N–H and O–H groups in total. The summed E-state index contributed by atoms with van der Waals surface area (Å²) in [6.07, 6.45) is 0. The summed E-state index contributed by atoms with van der Waals surface area (Å²) < 4.78 is 7.33. The van der Waals surface area contributed by atoms with Crippen molar-refractivity contribution < 1.29 is 9.53 Å². The number of nitrogens with zero attached hydrogens (tertiary/aromatic N) is 2. The predicted octanol–water partition coefficient (Wildman–Crippen LogP) is 5.93. The molecule has 1 aromatic heterocycles. The quantitative estimate of drug-likeness (QED) is 0.192. The normalized spacial score (nSPS) is 11.0. The lowest BCUT2D eigenvalue weighted by Crippen LogP contribution is -2.21. The van der Waals surface area contributed by atoms with Gasteiger partial charge in [-0.15, -0.1) is 0 Å². The Hall–Kier alpha value is -3.09. The zero-order valence-corrected chi connectivity index (χ0v) is 19.2. The van der Waals surface area contributed by atoms with Gasteiger partial charge >= 0.3 is 0 Å². The van der Waals surface area contributed by atoms with Crippen LogP contribution >= 0.6 is 23.4 Å². The first-order valence-electron chi connectivity index (χ1n) is 10.1. The Labute approximate surface area is 195 Å². The summed E-state index contributed by atoms with van der Waals surface area (Å²) >= 11 is 7.61. The number of hydrogen-bond acceptors (Lipinski definition) is 5. The Balaban J connectivity index is 1.81. The van der Waals surface area contributed by atoms with Gasteiger partial charge in [-0.25, -0.2) is 4.98 Å². The summed E-state index contributed by atoms with van der Waals surface area (Å²) in [5, 5.41) is 1.60. The number of carbonyl (C=O) groups is 1. The maximum absolute atomic E-state index is 13.4. The van der Waals surface area contributed by atoms with Gasteiger partial charge in [0.25, 0.3) is 5.56 Å². The number of benzene rings is 3. The third-order valence-corrected chi connectivity index (χ3v) is 6.16. The molecule has 3 aromatic carbocycles. The van der Waals surface area contributed by atoms with Gasteiger partial charge in [-0.1, -0.05) is 41.6 Å². The molecule has 0 radical (unpaired) electrons. The number of ketones is 1. The van der Waals surface area contributed by atoms with Gasteiger partial charge in [0.1, 0.15) is 5.75 Å². The molecule has 0 bridgehead atoms. The second-order valence-corrected chi connectivity index (χ2v) is 8.51. The van der Waals surface area contributed by atoms with E-state index in [-0.39, 0.29) is 11.3 Å². The molecule has 0 aliphatic heterocycles. The highest BCUT2D eigenvalue weighted by Gasteiger charge is 2.15. The van der Waals surface area contributed by atoms with Crippen molar-refractivity contribution >= 4 is 40.0 Å². The van der Waals surface area contributed by atoms with Crippen LogP contribution in [0, 0.1) is 0 Å².